The molecule has 0 atom stereocenters. The van der Waals surface area contributed by atoms with Crippen LogP contribution in [-0.4, -0.2) is 30.1 Å². The zero-order valence-corrected chi connectivity index (χ0v) is 13.5. The lowest BCUT2D eigenvalue weighted by Gasteiger charge is -2.21. The van der Waals surface area contributed by atoms with E-state index in [-0.39, 0.29) is 23.5 Å². The Morgan fingerprint density at radius 2 is 2.13 bits per heavy atom. The van der Waals surface area contributed by atoms with Crippen molar-refractivity contribution in [3.05, 3.63) is 29.1 Å². The number of amides is 2. The smallest absolute Gasteiger partial charge is 0.254 e. The predicted molar refractivity (Wildman–Crippen MR) is 85.8 cm³/mol. The molecule has 1 aromatic rings. The van der Waals surface area contributed by atoms with Gasteiger partial charge in [0.05, 0.1) is 5.56 Å². The highest BCUT2D eigenvalue weighted by Gasteiger charge is 2.21. The van der Waals surface area contributed by atoms with Gasteiger partial charge in [0.2, 0.25) is 5.91 Å². The summed E-state index contributed by atoms with van der Waals surface area (Å²) in [4.78, 5) is 23.4. The Morgan fingerprint density at radius 1 is 1.39 bits per heavy atom. The second-order valence-corrected chi connectivity index (χ2v) is 6.72. The molecule has 3 N–H and O–H groups in total. The lowest BCUT2D eigenvalue weighted by atomic mass is 9.89. The van der Waals surface area contributed by atoms with E-state index in [0.29, 0.717) is 31.5 Å². The Labute approximate surface area is 135 Å². The summed E-state index contributed by atoms with van der Waals surface area (Å²) in [5.74, 6) is -1.23. The molecule has 5 nitrogen and oxygen atoms in total. The summed E-state index contributed by atoms with van der Waals surface area (Å²) in [6.45, 7) is 4.42. The molecule has 0 saturated heterocycles. The maximum Gasteiger partial charge on any atom is 0.254 e. The Balaban J connectivity index is 1.96. The molecule has 0 aromatic heterocycles. The first-order valence-corrected chi connectivity index (χ1v) is 7.84. The summed E-state index contributed by atoms with van der Waals surface area (Å²) >= 11 is 0. The van der Waals surface area contributed by atoms with Crippen molar-refractivity contribution in [1.82, 2.24) is 5.32 Å². The molecule has 0 unspecified atom stereocenters. The summed E-state index contributed by atoms with van der Waals surface area (Å²) in [6.07, 6.45) is 2.33. The van der Waals surface area contributed by atoms with Gasteiger partial charge in [-0.15, -0.1) is 0 Å². The third-order valence-corrected chi connectivity index (χ3v) is 4.08. The summed E-state index contributed by atoms with van der Waals surface area (Å²) in [5.41, 5.74) is 1.04. The van der Waals surface area contributed by atoms with Gasteiger partial charge in [-0.05, 0) is 42.4 Å². The molecule has 1 aromatic carbocycles. The molecule has 126 valence electrons. The number of aliphatic hydroxyl groups is 1. The van der Waals surface area contributed by atoms with Crippen LogP contribution in [0.25, 0.3) is 0 Å². The number of aliphatic hydroxyl groups excluding tert-OH is 1. The Bertz CT molecular complexity index is 614. The minimum absolute atomic E-state index is 0.00122. The van der Waals surface area contributed by atoms with E-state index in [1.165, 1.54) is 12.1 Å². The third kappa shape index (κ3) is 4.51. The average molecular weight is 322 g/mol. The summed E-state index contributed by atoms with van der Waals surface area (Å²) < 4.78 is 14.1. The molecule has 23 heavy (non-hydrogen) atoms. The van der Waals surface area contributed by atoms with Crippen LogP contribution in [-0.2, 0) is 11.2 Å². The molecule has 1 heterocycles. The Kier molecular flexibility index (Phi) is 5.36. The van der Waals surface area contributed by atoms with Crippen molar-refractivity contribution in [3.63, 3.8) is 0 Å². The minimum Gasteiger partial charge on any atom is -0.396 e. The first-order chi connectivity index (χ1) is 10.8. The van der Waals surface area contributed by atoms with Gasteiger partial charge >= 0.3 is 0 Å². The van der Waals surface area contributed by atoms with E-state index >= 15 is 0 Å². The van der Waals surface area contributed by atoms with Crippen molar-refractivity contribution in [2.24, 2.45) is 5.41 Å². The van der Waals surface area contributed by atoms with Crippen LogP contribution in [0.4, 0.5) is 10.1 Å². The van der Waals surface area contributed by atoms with E-state index in [0.717, 1.165) is 12.0 Å². The van der Waals surface area contributed by atoms with Crippen molar-refractivity contribution < 1.29 is 19.1 Å². The van der Waals surface area contributed by atoms with Crippen molar-refractivity contribution in [2.45, 2.75) is 39.5 Å². The van der Waals surface area contributed by atoms with E-state index in [9.17, 15) is 19.1 Å². The van der Waals surface area contributed by atoms with Crippen LogP contribution in [0.15, 0.2) is 12.1 Å². The van der Waals surface area contributed by atoms with Crippen molar-refractivity contribution in [1.29, 1.82) is 0 Å². The fraction of sp³-hybridized carbons (Fsp3) is 0.529. The highest BCUT2D eigenvalue weighted by molar-refractivity contribution is 5.98. The maximum absolute atomic E-state index is 14.1. The number of rotatable bonds is 6. The van der Waals surface area contributed by atoms with Gasteiger partial charge in [0.25, 0.3) is 5.91 Å². The second kappa shape index (κ2) is 7.08. The van der Waals surface area contributed by atoms with Gasteiger partial charge in [-0.25, -0.2) is 4.39 Å². The zero-order valence-electron chi connectivity index (χ0n) is 13.5. The Hall–Kier alpha value is -1.95. The number of hydrogen-bond donors (Lipinski definition) is 3. The number of carbonyl (C=O) groups excluding carboxylic acids is 2. The van der Waals surface area contributed by atoms with E-state index in [2.05, 4.69) is 10.6 Å². The number of nitrogens with one attached hydrogen (secondary N) is 2. The lowest BCUT2D eigenvalue weighted by molar-refractivity contribution is -0.116. The first kappa shape index (κ1) is 17.4. The fourth-order valence-corrected chi connectivity index (χ4v) is 2.52. The van der Waals surface area contributed by atoms with Crippen LogP contribution in [0.2, 0.25) is 0 Å². The summed E-state index contributed by atoms with van der Waals surface area (Å²) in [6, 6.07) is 2.72. The highest BCUT2D eigenvalue weighted by Crippen LogP contribution is 2.26. The molecule has 0 saturated carbocycles. The van der Waals surface area contributed by atoms with Crippen LogP contribution < -0.4 is 10.6 Å². The van der Waals surface area contributed by atoms with E-state index in [1.807, 2.05) is 13.8 Å². The first-order valence-electron chi connectivity index (χ1n) is 7.84. The van der Waals surface area contributed by atoms with Gasteiger partial charge in [-0.3, -0.25) is 9.59 Å². The van der Waals surface area contributed by atoms with Crippen LogP contribution in [0, 0.1) is 11.2 Å². The van der Waals surface area contributed by atoms with Crippen molar-refractivity contribution in [3.8, 4) is 0 Å². The number of hydrogen-bond acceptors (Lipinski definition) is 3. The van der Waals surface area contributed by atoms with Crippen molar-refractivity contribution in [2.75, 3.05) is 18.5 Å². The van der Waals surface area contributed by atoms with Crippen LogP contribution in [0.1, 0.15) is 49.0 Å². The van der Waals surface area contributed by atoms with E-state index in [4.69, 9.17) is 0 Å². The van der Waals surface area contributed by atoms with Gasteiger partial charge in [0, 0.05) is 25.3 Å². The highest BCUT2D eigenvalue weighted by atomic mass is 19.1. The van der Waals surface area contributed by atoms with Gasteiger partial charge in [-0.2, -0.15) is 0 Å². The number of benzene rings is 1. The average Bonchev–Trinajstić information content (AvgIpc) is 2.50. The largest absolute Gasteiger partial charge is 0.396 e. The molecule has 0 spiro atoms. The molecular formula is C17H23FN2O3. The Morgan fingerprint density at radius 3 is 2.83 bits per heavy atom. The molecule has 0 radical (unpaired) electrons. The quantitative estimate of drug-likeness (QED) is 0.703. The van der Waals surface area contributed by atoms with Gasteiger partial charge < -0.3 is 15.7 Å². The standard InChI is InChI=1S/C17H23FN2O3/c1-17(2,10-21)6-3-7-19-16(23)12-8-11-4-5-15(22)20-14(11)9-13(12)18/h8-9,21H,3-7,10H2,1-2H3,(H,19,23)(H,20,22). The molecule has 1 aliphatic rings. The van der Waals surface area contributed by atoms with Gasteiger partial charge in [0.15, 0.2) is 0 Å². The fourth-order valence-electron chi connectivity index (χ4n) is 2.52. The van der Waals surface area contributed by atoms with Gasteiger partial charge in [0.1, 0.15) is 5.82 Å². The molecular weight excluding hydrogens is 299 g/mol. The van der Waals surface area contributed by atoms with Gasteiger partial charge in [-0.1, -0.05) is 13.8 Å². The SMILES string of the molecule is CC(C)(CO)CCCNC(=O)c1cc2c(cc1F)NC(=O)CC2. The molecule has 2 amide bonds. The van der Waals surface area contributed by atoms with Crippen LogP contribution in [0.3, 0.4) is 0 Å². The number of halogens is 1. The predicted octanol–water partition coefficient (Wildman–Crippen LogP) is 2.24. The van der Waals surface area contributed by atoms with E-state index < -0.39 is 11.7 Å². The molecule has 2 rings (SSSR count). The zero-order chi connectivity index (χ0) is 17.0. The number of anilines is 1. The normalized spacial score (nSPS) is 14.2. The third-order valence-electron chi connectivity index (χ3n) is 4.08. The molecule has 0 fully saturated rings. The number of fused-ring (bicyclic) bond motifs is 1. The molecule has 6 heteroatoms. The minimum atomic E-state index is -0.640. The monoisotopic (exact) mass is 322 g/mol. The van der Waals surface area contributed by atoms with Crippen LogP contribution >= 0.6 is 0 Å². The summed E-state index contributed by atoms with van der Waals surface area (Å²) in [5, 5.41) is 14.5. The van der Waals surface area contributed by atoms with Crippen LogP contribution in [0.5, 0.6) is 0 Å². The molecule has 1 aliphatic heterocycles. The molecule has 0 bridgehead atoms. The number of carbonyl (C=O) groups is 2. The second-order valence-electron chi connectivity index (χ2n) is 6.72. The lowest BCUT2D eigenvalue weighted by Crippen LogP contribution is -2.28. The molecule has 0 aliphatic carbocycles. The maximum atomic E-state index is 14.1. The van der Waals surface area contributed by atoms with E-state index in [1.54, 1.807) is 0 Å². The summed E-state index contributed by atoms with van der Waals surface area (Å²) in [7, 11) is 0. The number of aryl methyl sites for hydroxylation is 1. The van der Waals surface area contributed by atoms with Crippen molar-refractivity contribution >= 4 is 17.5 Å². The topological polar surface area (TPSA) is 78.4 Å².